The Hall–Kier alpha value is -1.31. The van der Waals surface area contributed by atoms with Crippen molar-refractivity contribution in [3.05, 3.63) is 35.4 Å². The lowest BCUT2D eigenvalue weighted by atomic mass is 9.82. The number of carbonyl (C=O) groups is 1. The van der Waals surface area contributed by atoms with Crippen LogP contribution in [0.25, 0.3) is 0 Å². The molecule has 1 aliphatic rings. The molecule has 0 amide bonds. The number of hydrogen-bond acceptors (Lipinski definition) is 1. The molecule has 2 heteroatoms. The number of rotatable bonds is 4. The Kier molecular flexibility index (Phi) is 3.82. The van der Waals surface area contributed by atoms with Gasteiger partial charge in [0.2, 0.25) is 0 Å². The molecule has 1 unspecified atom stereocenters. The smallest absolute Gasteiger partial charge is 0.303 e. The Morgan fingerprint density at radius 1 is 1.29 bits per heavy atom. The maximum atomic E-state index is 11.0. The van der Waals surface area contributed by atoms with E-state index in [1.165, 1.54) is 36.8 Å². The first-order valence-corrected chi connectivity index (χ1v) is 6.45. The van der Waals surface area contributed by atoms with E-state index in [1.54, 1.807) is 0 Å². The maximum absolute atomic E-state index is 11.0. The van der Waals surface area contributed by atoms with E-state index in [9.17, 15) is 4.79 Å². The monoisotopic (exact) mass is 232 g/mol. The number of benzene rings is 1. The van der Waals surface area contributed by atoms with Crippen LogP contribution in [0.5, 0.6) is 0 Å². The average Bonchev–Trinajstić information content (AvgIpc) is 2.80. The molecule has 0 saturated heterocycles. The maximum Gasteiger partial charge on any atom is 0.303 e. The Bertz CT molecular complexity index is 374. The summed E-state index contributed by atoms with van der Waals surface area (Å²) in [7, 11) is 0. The van der Waals surface area contributed by atoms with Gasteiger partial charge in [-0.25, -0.2) is 0 Å². The standard InChI is InChI=1S/C15H20O2/c1-11-6-8-13(9-7-11)14(10-15(16)17)12-4-2-3-5-12/h6-9,12,14H,2-5,10H2,1H3,(H,16,17). The highest BCUT2D eigenvalue weighted by atomic mass is 16.4. The second-order valence-electron chi connectivity index (χ2n) is 5.16. The summed E-state index contributed by atoms with van der Waals surface area (Å²) in [6, 6.07) is 8.36. The first-order valence-electron chi connectivity index (χ1n) is 6.45. The third-order valence-corrected chi connectivity index (χ3v) is 3.87. The molecular formula is C15H20O2. The van der Waals surface area contributed by atoms with Gasteiger partial charge in [-0.1, -0.05) is 42.7 Å². The van der Waals surface area contributed by atoms with Crippen LogP contribution in [0.2, 0.25) is 0 Å². The largest absolute Gasteiger partial charge is 0.481 e. The van der Waals surface area contributed by atoms with Gasteiger partial charge in [0.25, 0.3) is 0 Å². The molecule has 0 radical (unpaired) electrons. The average molecular weight is 232 g/mol. The van der Waals surface area contributed by atoms with Crippen LogP contribution in [0.1, 0.15) is 49.1 Å². The Balaban J connectivity index is 2.19. The van der Waals surface area contributed by atoms with Crippen molar-refractivity contribution in [1.82, 2.24) is 0 Å². The van der Waals surface area contributed by atoms with Crippen LogP contribution in [0.3, 0.4) is 0 Å². The topological polar surface area (TPSA) is 37.3 Å². The van der Waals surface area contributed by atoms with Crippen molar-refractivity contribution in [2.45, 2.75) is 44.9 Å². The quantitative estimate of drug-likeness (QED) is 0.858. The normalized spacial score (nSPS) is 18.2. The summed E-state index contributed by atoms with van der Waals surface area (Å²) >= 11 is 0. The van der Waals surface area contributed by atoms with E-state index >= 15 is 0 Å². The van der Waals surface area contributed by atoms with Crippen molar-refractivity contribution in [3.63, 3.8) is 0 Å². The lowest BCUT2D eigenvalue weighted by molar-refractivity contribution is -0.137. The van der Waals surface area contributed by atoms with E-state index in [0.29, 0.717) is 5.92 Å². The minimum atomic E-state index is -0.678. The van der Waals surface area contributed by atoms with Crippen LogP contribution in [-0.4, -0.2) is 11.1 Å². The zero-order valence-electron chi connectivity index (χ0n) is 10.4. The highest BCUT2D eigenvalue weighted by Crippen LogP contribution is 2.39. The molecule has 0 bridgehead atoms. The molecule has 17 heavy (non-hydrogen) atoms. The summed E-state index contributed by atoms with van der Waals surface area (Å²) in [5, 5.41) is 9.06. The van der Waals surface area contributed by atoms with E-state index in [1.807, 2.05) is 0 Å². The number of aryl methyl sites for hydroxylation is 1. The van der Waals surface area contributed by atoms with Crippen LogP contribution in [0.4, 0.5) is 0 Å². The van der Waals surface area contributed by atoms with Gasteiger partial charge in [0.05, 0.1) is 6.42 Å². The van der Waals surface area contributed by atoms with Crippen LogP contribution >= 0.6 is 0 Å². The van der Waals surface area contributed by atoms with Crippen molar-refractivity contribution in [2.24, 2.45) is 5.92 Å². The molecule has 0 spiro atoms. The zero-order chi connectivity index (χ0) is 12.3. The van der Waals surface area contributed by atoms with Crippen molar-refractivity contribution in [3.8, 4) is 0 Å². The predicted octanol–water partition coefficient (Wildman–Crippen LogP) is 3.74. The third-order valence-electron chi connectivity index (χ3n) is 3.87. The van der Waals surface area contributed by atoms with Crippen LogP contribution < -0.4 is 0 Å². The Morgan fingerprint density at radius 2 is 1.88 bits per heavy atom. The highest BCUT2D eigenvalue weighted by molar-refractivity contribution is 5.68. The fourth-order valence-corrected chi connectivity index (χ4v) is 2.92. The summed E-state index contributed by atoms with van der Waals surface area (Å²) in [5.41, 5.74) is 2.43. The van der Waals surface area contributed by atoms with E-state index in [2.05, 4.69) is 31.2 Å². The van der Waals surface area contributed by atoms with Crippen LogP contribution in [0.15, 0.2) is 24.3 Å². The molecule has 1 saturated carbocycles. The summed E-state index contributed by atoms with van der Waals surface area (Å²) in [4.78, 5) is 11.0. The number of hydrogen-bond donors (Lipinski definition) is 1. The van der Waals surface area contributed by atoms with E-state index in [0.717, 1.165) is 0 Å². The van der Waals surface area contributed by atoms with Gasteiger partial charge in [-0.2, -0.15) is 0 Å². The van der Waals surface area contributed by atoms with E-state index in [4.69, 9.17) is 5.11 Å². The molecule has 1 fully saturated rings. The van der Waals surface area contributed by atoms with Gasteiger partial charge in [-0.3, -0.25) is 4.79 Å². The highest BCUT2D eigenvalue weighted by Gasteiger charge is 2.27. The van der Waals surface area contributed by atoms with Crippen molar-refractivity contribution in [1.29, 1.82) is 0 Å². The Morgan fingerprint density at radius 3 is 2.41 bits per heavy atom. The summed E-state index contributed by atoms with van der Waals surface area (Å²) in [6.45, 7) is 2.06. The summed E-state index contributed by atoms with van der Waals surface area (Å²) in [5.74, 6) is 0.0897. The number of carboxylic acids is 1. The zero-order valence-corrected chi connectivity index (χ0v) is 10.4. The number of carboxylic acid groups (broad SMARTS) is 1. The molecule has 0 aromatic heterocycles. The SMILES string of the molecule is Cc1ccc(C(CC(=O)O)C2CCCC2)cc1. The van der Waals surface area contributed by atoms with Crippen molar-refractivity contribution in [2.75, 3.05) is 0 Å². The second-order valence-corrected chi connectivity index (χ2v) is 5.16. The van der Waals surface area contributed by atoms with Gasteiger partial charge in [0.15, 0.2) is 0 Å². The van der Waals surface area contributed by atoms with Gasteiger partial charge < -0.3 is 5.11 Å². The first kappa shape index (κ1) is 12.2. The third kappa shape index (κ3) is 3.09. The van der Waals surface area contributed by atoms with Gasteiger partial charge in [-0.05, 0) is 37.2 Å². The van der Waals surface area contributed by atoms with Gasteiger partial charge in [-0.15, -0.1) is 0 Å². The molecule has 0 heterocycles. The second kappa shape index (κ2) is 5.35. The minimum Gasteiger partial charge on any atom is -0.481 e. The van der Waals surface area contributed by atoms with E-state index < -0.39 is 5.97 Å². The van der Waals surface area contributed by atoms with E-state index in [-0.39, 0.29) is 12.3 Å². The van der Waals surface area contributed by atoms with Gasteiger partial charge in [0.1, 0.15) is 0 Å². The van der Waals surface area contributed by atoms with Crippen LogP contribution in [0, 0.1) is 12.8 Å². The molecular weight excluding hydrogens is 212 g/mol. The predicted molar refractivity (Wildman–Crippen MR) is 68.1 cm³/mol. The van der Waals surface area contributed by atoms with Gasteiger partial charge in [0, 0.05) is 0 Å². The fraction of sp³-hybridized carbons (Fsp3) is 0.533. The molecule has 1 atom stereocenters. The molecule has 92 valence electrons. The molecule has 1 aliphatic carbocycles. The molecule has 1 aromatic carbocycles. The fourth-order valence-electron chi connectivity index (χ4n) is 2.92. The summed E-state index contributed by atoms with van der Waals surface area (Å²) < 4.78 is 0. The van der Waals surface area contributed by atoms with Crippen LogP contribution in [-0.2, 0) is 4.79 Å². The lowest BCUT2D eigenvalue weighted by Crippen LogP contribution is -2.14. The number of aliphatic carboxylic acids is 1. The molecule has 1 N–H and O–H groups in total. The molecule has 2 rings (SSSR count). The molecule has 2 nitrogen and oxygen atoms in total. The molecule has 0 aliphatic heterocycles. The minimum absolute atomic E-state index is 0.204. The lowest BCUT2D eigenvalue weighted by Gasteiger charge is -2.22. The molecule has 1 aromatic rings. The van der Waals surface area contributed by atoms with Crippen molar-refractivity contribution >= 4 is 5.97 Å². The van der Waals surface area contributed by atoms with Crippen molar-refractivity contribution < 1.29 is 9.90 Å². The van der Waals surface area contributed by atoms with Gasteiger partial charge >= 0.3 is 5.97 Å². The Labute approximate surface area is 103 Å². The first-order chi connectivity index (χ1) is 8.16. The summed E-state index contributed by atoms with van der Waals surface area (Å²) in [6.07, 6.45) is 5.16.